The van der Waals surface area contributed by atoms with Gasteiger partial charge in [-0.2, -0.15) is 5.10 Å². The molecule has 1 N–H and O–H groups in total. The van der Waals surface area contributed by atoms with Crippen LogP contribution >= 0.6 is 22.9 Å². The number of carbonyl (C=O) groups excluding carboxylic acids is 1. The van der Waals surface area contributed by atoms with Gasteiger partial charge in [0.2, 0.25) is 0 Å². The number of thiazole rings is 1. The summed E-state index contributed by atoms with van der Waals surface area (Å²) >= 11 is 7.67. The predicted molar refractivity (Wildman–Crippen MR) is 107 cm³/mol. The summed E-state index contributed by atoms with van der Waals surface area (Å²) in [5.41, 5.74) is 3.06. The zero-order chi connectivity index (χ0) is 19.0. The summed E-state index contributed by atoms with van der Waals surface area (Å²) in [5, 5.41) is 9.98. The predicted octanol–water partition coefficient (Wildman–Crippen LogP) is 4.29. The van der Waals surface area contributed by atoms with Gasteiger partial charge in [-0.25, -0.2) is 9.67 Å². The molecule has 4 aromatic rings. The number of nitrogens with zero attached hydrogens (tertiary/aromatic N) is 4. The van der Waals surface area contributed by atoms with E-state index in [0.717, 1.165) is 22.0 Å². The van der Waals surface area contributed by atoms with Crippen molar-refractivity contribution < 1.29 is 4.79 Å². The van der Waals surface area contributed by atoms with E-state index < -0.39 is 0 Å². The van der Waals surface area contributed by atoms with Crippen LogP contribution in [0.1, 0.15) is 41.5 Å². The first-order chi connectivity index (χ1) is 13.0. The molecule has 138 valence electrons. The van der Waals surface area contributed by atoms with Gasteiger partial charge in [0.05, 0.1) is 35.4 Å². The van der Waals surface area contributed by atoms with Crippen molar-refractivity contribution in [2.45, 2.75) is 26.3 Å². The van der Waals surface area contributed by atoms with Crippen molar-refractivity contribution in [1.82, 2.24) is 24.5 Å². The van der Waals surface area contributed by atoms with E-state index in [9.17, 15) is 4.79 Å². The second-order valence-corrected chi connectivity index (χ2v) is 7.81. The van der Waals surface area contributed by atoms with Crippen molar-refractivity contribution in [3.05, 3.63) is 70.2 Å². The third kappa shape index (κ3) is 3.48. The molecule has 0 spiro atoms. The van der Waals surface area contributed by atoms with Crippen molar-refractivity contribution in [2.24, 2.45) is 0 Å². The number of nitrogens with one attached hydrogen (secondary N) is 1. The Morgan fingerprint density at radius 1 is 1.37 bits per heavy atom. The molecule has 0 saturated heterocycles. The van der Waals surface area contributed by atoms with E-state index in [1.165, 1.54) is 0 Å². The number of imidazole rings is 1. The summed E-state index contributed by atoms with van der Waals surface area (Å²) in [5.74, 6) is -0.0477. The second kappa shape index (κ2) is 7.17. The van der Waals surface area contributed by atoms with Crippen molar-refractivity contribution in [2.75, 3.05) is 0 Å². The Kier molecular flexibility index (Phi) is 4.72. The minimum Gasteiger partial charge on any atom is -0.346 e. The smallest absolute Gasteiger partial charge is 0.255 e. The molecule has 0 aliphatic heterocycles. The van der Waals surface area contributed by atoms with Gasteiger partial charge in [-0.05, 0) is 24.1 Å². The fourth-order valence-electron chi connectivity index (χ4n) is 3.03. The number of carbonyl (C=O) groups is 1. The highest BCUT2D eigenvalue weighted by Gasteiger charge is 2.21. The molecule has 0 radical (unpaired) electrons. The molecule has 0 aliphatic rings. The summed E-state index contributed by atoms with van der Waals surface area (Å²) in [4.78, 5) is 18.2. The van der Waals surface area contributed by atoms with Crippen LogP contribution < -0.4 is 5.32 Å². The molecule has 0 fully saturated rings. The fourth-order valence-corrected chi connectivity index (χ4v) is 3.93. The van der Waals surface area contributed by atoms with Crippen molar-refractivity contribution in [1.29, 1.82) is 0 Å². The Labute approximate surface area is 165 Å². The van der Waals surface area contributed by atoms with Crippen LogP contribution in [0.3, 0.4) is 0 Å². The van der Waals surface area contributed by atoms with Crippen LogP contribution in [0.25, 0.3) is 10.6 Å². The van der Waals surface area contributed by atoms with Crippen LogP contribution in [0.5, 0.6) is 0 Å². The Morgan fingerprint density at radius 2 is 2.22 bits per heavy atom. The zero-order valence-corrected chi connectivity index (χ0v) is 16.5. The molecule has 0 bridgehead atoms. The van der Waals surface area contributed by atoms with Crippen molar-refractivity contribution in [3.63, 3.8) is 0 Å². The van der Waals surface area contributed by atoms with Crippen LogP contribution in [0.4, 0.5) is 0 Å². The number of hydrogen-bond acceptors (Lipinski definition) is 4. The molecule has 27 heavy (non-hydrogen) atoms. The van der Waals surface area contributed by atoms with Crippen LogP contribution in [-0.2, 0) is 6.54 Å². The summed E-state index contributed by atoms with van der Waals surface area (Å²) in [6, 6.07) is 7.44. The summed E-state index contributed by atoms with van der Waals surface area (Å²) in [7, 11) is 0. The van der Waals surface area contributed by atoms with E-state index in [1.54, 1.807) is 22.2 Å². The van der Waals surface area contributed by atoms with Crippen LogP contribution in [0.2, 0.25) is 5.02 Å². The lowest BCUT2D eigenvalue weighted by Crippen LogP contribution is -2.24. The minimum atomic E-state index is -0.164. The lowest BCUT2D eigenvalue weighted by atomic mass is 10.0. The molecule has 4 rings (SSSR count). The van der Waals surface area contributed by atoms with E-state index in [-0.39, 0.29) is 11.8 Å². The van der Waals surface area contributed by atoms with Gasteiger partial charge in [0.15, 0.2) is 4.96 Å². The quantitative estimate of drug-likeness (QED) is 0.544. The number of rotatable bonds is 5. The fraction of sp³-hybridized carbons (Fsp3) is 0.211. The monoisotopic (exact) mass is 399 g/mol. The molecule has 3 aromatic heterocycles. The van der Waals surface area contributed by atoms with E-state index in [4.69, 9.17) is 11.6 Å². The van der Waals surface area contributed by atoms with Crippen LogP contribution in [-0.4, -0.2) is 25.1 Å². The molecule has 1 aromatic carbocycles. The Hall–Kier alpha value is -2.64. The number of aromatic nitrogens is 4. The first kappa shape index (κ1) is 17.8. The molecule has 0 saturated carbocycles. The Morgan fingerprint density at radius 3 is 2.96 bits per heavy atom. The number of benzene rings is 1. The third-order valence-electron chi connectivity index (χ3n) is 4.22. The van der Waals surface area contributed by atoms with E-state index in [1.807, 2.05) is 60.3 Å². The van der Waals surface area contributed by atoms with Gasteiger partial charge < -0.3 is 5.32 Å². The maximum absolute atomic E-state index is 12.8. The first-order valence-electron chi connectivity index (χ1n) is 8.56. The summed E-state index contributed by atoms with van der Waals surface area (Å²) in [6.07, 6.45) is 5.48. The highest BCUT2D eigenvalue weighted by atomic mass is 35.5. The Bertz CT molecular complexity index is 1080. The third-order valence-corrected chi connectivity index (χ3v) is 5.23. The lowest BCUT2D eigenvalue weighted by Gasteiger charge is -2.13. The zero-order valence-electron chi connectivity index (χ0n) is 14.9. The maximum atomic E-state index is 12.8. The molecule has 6 nitrogen and oxygen atoms in total. The van der Waals surface area contributed by atoms with Gasteiger partial charge in [0.1, 0.15) is 0 Å². The summed E-state index contributed by atoms with van der Waals surface area (Å²) in [6.45, 7) is 4.45. The van der Waals surface area contributed by atoms with Gasteiger partial charge >= 0.3 is 0 Å². The standard InChI is InChI=1S/C19H18ClN5OS/c1-12(2)17-16(10-22-25(17)15-5-3-4-13(20)8-15)18(26)21-9-14-11-24-6-7-27-19(24)23-14/h3-8,10-12H,9H2,1-2H3,(H,21,26). The van der Waals surface area contributed by atoms with E-state index >= 15 is 0 Å². The van der Waals surface area contributed by atoms with Gasteiger partial charge in [0, 0.05) is 22.8 Å². The largest absolute Gasteiger partial charge is 0.346 e. The molecular weight excluding hydrogens is 382 g/mol. The SMILES string of the molecule is CC(C)c1c(C(=O)NCc2cn3ccsc3n2)cnn1-c1cccc(Cl)c1. The average Bonchev–Trinajstić information content (AvgIpc) is 3.33. The number of amides is 1. The number of fused-ring (bicyclic) bond motifs is 1. The summed E-state index contributed by atoms with van der Waals surface area (Å²) < 4.78 is 3.72. The lowest BCUT2D eigenvalue weighted by molar-refractivity contribution is 0.0949. The van der Waals surface area contributed by atoms with Gasteiger partial charge in [-0.15, -0.1) is 11.3 Å². The first-order valence-corrected chi connectivity index (χ1v) is 9.82. The number of hydrogen-bond donors (Lipinski definition) is 1. The molecule has 0 unspecified atom stereocenters. The van der Waals surface area contributed by atoms with Crippen molar-refractivity contribution >= 4 is 33.8 Å². The number of halogens is 1. The second-order valence-electron chi connectivity index (χ2n) is 6.50. The van der Waals surface area contributed by atoms with Gasteiger partial charge in [-0.1, -0.05) is 31.5 Å². The van der Waals surface area contributed by atoms with E-state index in [2.05, 4.69) is 15.4 Å². The average molecular weight is 400 g/mol. The van der Waals surface area contributed by atoms with Gasteiger partial charge in [0.25, 0.3) is 5.91 Å². The Balaban J connectivity index is 1.58. The normalized spacial score (nSPS) is 11.4. The maximum Gasteiger partial charge on any atom is 0.255 e. The molecule has 1 amide bonds. The van der Waals surface area contributed by atoms with E-state index in [0.29, 0.717) is 17.1 Å². The topological polar surface area (TPSA) is 64.2 Å². The van der Waals surface area contributed by atoms with Gasteiger partial charge in [-0.3, -0.25) is 9.20 Å². The molecular formula is C19H18ClN5OS. The highest BCUT2D eigenvalue weighted by molar-refractivity contribution is 7.15. The highest BCUT2D eigenvalue weighted by Crippen LogP contribution is 2.24. The molecule has 0 atom stereocenters. The molecule has 3 heterocycles. The van der Waals surface area contributed by atoms with Crippen LogP contribution in [0, 0.1) is 0 Å². The minimum absolute atomic E-state index is 0.116. The van der Waals surface area contributed by atoms with Crippen LogP contribution in [0.15, 0.2) is 48.2 Å². The molecule has 0 aliphatic carbocycles. The molecule has 8 heteroatoms. The van der Waals surface area contributed by atoms with Crippen molar-refractivity contribution in [3.8, 4) is 5.69 Å².